The zero-order valence-electron chi connectivity index (χ0n) is 12.4. The SMILES string of the molecule is CCOCC(C(C)C)N1C(=O)C(CC)NC1CC. The van der Waals surface area contributed by atoms with Gasteiger partial charge in [0.2, 0.25) is 5.91 Å². The molecule has 1 amide bonds. The van der Waals surface area contributed by atoms with Crippen LogP contribution in [0, 0.1) is 5.92 Å². The fraction of sp³-hybridized carbons (Fsp3) is 0.929. The van der Waals surface area contributed by atoms with Crippen molar-refractivity contribution < 1.29 is 9.53 Å². The predicted octanol–water partition coefficient (Wildman–Crippen LogP) is 1.99. The summed E-state index contributed by atoms with van der Waals surface area (Å²) in [7, 11) is 0. The molecule has 1 rings (SSSR count). The lowest BCUT2D eigenvalue weighted by Gasteiger charge is -2.34. The van der Waals surface area contributed by atoms with Gasteiger partial charge in [-0.1, -0.05) is 27.7 Å². The molecule has 0 radical (unpaired) electrons. The maximum atomic E-state index is 12.4. The number of rotatable bonds is 7. The van der Waals surface area contributed by atoms with Crippen LogP contribution in [0.2, 0.25) is 0 Å². The maximum absolute atomic E-state index is 12.4. The van der Waals surface area contributed by atoms with E-state index in [9.17, 15) is 4.79 Å². The van der Waals surface area contributed by atoms with Crippen LogP contribution in [0.5, 0.6) is 0 Å². The van der Waals surface area contributed by atoms with Gasteiger partial charge in [-0.25, -0.2) is 0 Å². The van der Waals surface area contributed by atoms with Gasteiger partial charge in [-0.15, -0.1) is 0 Å². The molecule has 0 bridgehead atoms. The number of carbonyl (C=O) groups excluding carboxylic acids is 1. The molecule has 0 aliphatic carbocycles. The van der Waals surface area contributed by atoms with Gasteiger partial charge in [-0.2, -0.15) is 0 Å². The van der Waals surface area contributed by atoms with Gasteiger partial charge in [0, 0.05) is 6.61 Å². The van der Waals surface area contributed by atoms with Gasteiger partial charge >= 0.3 is 0 Å². The molecule has 0 spiro atoms. The average molecular weight is 256 g/mol. The smallest absolute Gasteiger partial charge is 0.241 e. The highest BCUT2D eigenvalue weighted by atomic mass is 16.5. The Morgan fingerprint density at radius 2 is 1.94 bits per heavy atom. The minimum Gasteiger partial charge on any atom is -0.380 e. The topological polar surface area (TPSA) is 41.6 Å². The Hall–Kier alpha value is -0.610. The monoisotopic (exact) mass is 256 g/mol. The lowest BCUT2D eigenvalue weighted by molar-refractivity contribution is -0.135. The molecule has 3 unspecified atom stereocenters. The first-order valence-corrected chi connectivity index (χ1v) is 7.22. The van der Waals surface area contributed by atoms with Crippen LogP contribution in [0.3, 0.4) is 0 Å². The predicted molar refractivity (Wildman–Crippen MR) is 73.3 cm³/mol. The van der Waals surface area contributed by atoms with E-state index < -0.39 is 0 Å². The first kappa shape index (κ1) is 15.4. The van der Waals surface area contributed by atoms with Crippen molar-refractivity contribution in [2.75, 3.05) is 13.2 Å². The van der Waals surface area contributed by atoms with Crippen molar-refractivity contribution in [3.63, 3.8) is 0 Å². The lowest BCUT2D eigenvalue weighted by Crippen LogP contribution is -2.49. The second-order valence-corrected chi connectivity index (χ2v) is 5.27. The lowest BCUT2D eigenvalue weighted by atomic mass is 10.0. The quantitative estimate of drug-likeness (QED) is 0.757. The minimum atomic E-state index is -0.0159. The molecule has 106 valence electrons. The van der Waals surface area contributed by atoms with Crippen molar-refractivity contribution in [2.24, 2.45) is 5.92 Å². The average Bonchev–Trinajstić information content (AvgIpc) is 2.66. The number of hydrogen-bond donors (Lipinski definition) is 1. The minimum absolute atomic E-state index is 0.0159. The van der Waals surface area contributed by atoms with Gasteiger partial charge in [0.05, 0.1) is 24.9 Å². The van der Waals surface area contributed by atoms with E-state index in [4.69, 9.17) is 4.74 Å². The van der Waals surface area contributed by atoms with Gasteiger partial charge in [-0.05, 0) is 25.7 Å². The first-order valence-electron chi connectivity index (χ1n) is 7.22. The molecule has 0 aromatic heterocycles. The molecule has 1 saturated heterocycles. The number of ether oxygens (including phenoxy) is 1. The summed E-state index contributed by atoms with van der Waals surface area (Å²) in [5.41, 5.74) is 0. The van der Waals surface area contributed by atoms with Crippen LogP contribution in [0.4, 0.5) is 0 Å². The van der Waals surface area contributed by atoms with Crippen LogP contribution >= 0.6 is 0 Å². The van der Waals surface area contributed by atoms with Crippen LogP contribution in [-0.2, 0) is 9.53 Å². The van der Waals surface area contributed by atoms with Gasteiger partial charge in [0.15, 0.2) is 0 Å². The zero-order chi connectivity index (χ0) is 13.7. The Kier molecular flexibility index (Phi) is 6.09. The molecule has 1 aliphatic rings. The Morgan fingerprint density at radius 3 is 2.39 bits per heavy atom. The summed E-state index contributed by atoms with van der Waals surface area (Å²) < 4.78 is 5.56. The summed E-state index contributed by atoms with van der Waals surface area (Å²) >= 11 is 0. The van der Waals surface area contributed by atoms with Crippen LogP contribution in [-0.4, -0.2) is 42.3 Å². The summed E-state index contributed by atoms with van der Waals surface area (Å²) in [6, 6.07) is 0.157. The van der Waals surface area contributed by atoms with Crippen molar-refractivity contribution in [1.82, 2.24) is 10.2 Å². The van der Waals surface area contributed by atoms with E-state index in [2.05, 4.69) is 33.0 Å². The van der Waals surface area contributed by atoms with Gasteiger partial charge in [0.25, 0.3) is 0 Å². The number of amides is 1. The summed E-state index contributed by atoms with van der Waals surface area (Å²) in [6.45, 7) is 11.8. The Morgan fingerprint density at radius 1 is 1.28 bits per heavy atom. The fourth-order valence-corrected chi connectivity index (χ4v) is 2.55. The molecule has 0 aromatic rings. The third-order valence-electron chi connectivity index (χ3n) is 3.70. The maximum Gasteiger partial charge on any atom is 0.241 e. The number of nitrogens with one attached hydrogen (secondary N) is 1. The molecule has 4 nitrogen and oxygen atoms in total. The molecular formula is C14H28N2O2. The van der Waals surface area contributed by atoms with Gasteiger partial charge in [-0.3, -0.25) is 10.1 Å². The molecule has 4 heteroatoms. The number of hydrogen-bond acceptors (Lipinski definition) is 3. The van der Waals surface area contributed by atoms with Crippen molar-refractivity contribution in [2.45, 2.75) is 65.7 Å². The summed E-state index contributed by atoms with van der Waals surface area (Å²) in [4.78, 5) is 14.4. The highest BCUT2D eigenvalue weighted by Crippen LogP contribution is 2.23. The summed E-state index contributed by atoms with van der Waals surface area (Å²) in [5.74, 6) is 0.648. The highest BCUT2D eigenvalue weighted by Gasteiger charge is 2.41. The Bertz CT molecular complexity index is 269. The normalized spacial score (nSPS) is 26.1. The van der Waals surface area contributed by atoms with E-state index in [1.807, 2.05) is 11.8 Å². The fourth-order valence-electron chi connectivity index (χ4n) is 2.55. The molecular weight excluding hydrogens is 228 g/mol. The van der Waals surface area contributed by atoms with E-state index in [1.54, 1.807) is 0 Å². The van der Waals surface area contributed by atoms with E-state index in [-0.39, 0.29) is 24.2 Å². The molecule has 3 atom stereocenters. The van der Waals surface area contributed by atoms with E-state index >= 15 is 0 Å². The standard InChI is InChI=1S/C14H28N2O2/c1-6-11-14(17)16(13(7-2)15-11)12(10(4)5)9-18-8-3/h10-13,15H,6-9H2,1-5H3. The third-order valence-corrected chi connectivity index (χ3v) is 3.70. The molecule has 1 fully saturated rings. The van der Waals surface area contributed by atoms with Gasteiger partial charge < -0.3 is 9.64 Å². The molecule has 1 heterocycles. The molecule has 0 aromatic carbocycles. The van der Waals surface area contributed by atoms with E-state index in [0.29, 0.717) is 19.1 Å². The second kappa shape index (κ2) is 7.10. The molecule has 1 N–H and O–H groups in total. The first-order chi connectivity index (χ1) is 8.56. The largest absolute Gasteiger partial charge is 0.380 e. The highest BCUT2D eigenvalue weighted by molar-refractivity contribution is 5.84. The summed E-state index contributed by atoms with van der Waals surface area (Å²) in [6.07, 6.45) is 1.96. The Balaban J connectivity index is 2.83. The van der Waals surface area contributed by atoms with E-state index in [0.717, 1.165) is 12.8 Å². The van der Waals surface area contributed by atoms with Crippen molar-refractivity contribution in [3.05, 3.63) is 0 Å². The van der Waals surface area contributed by atoms with Crippen LogP contribution in [0.25, 0.3) is 0 Å². The molecule has 18 heavy (non-hydrogen) atoms. The van der Waals surface area contributed by atoms with Crippen molar-refractivity contribution >= 4 is 5.91 Å². The second-order valence-electron chi connectivity index (χ2n) is 5.27. The van der Waals surface area contributed by atoms with Crippen molar-refractivity contribution in [1.29, 1.82) is 0 Å². The van der Waals surface area contributed by atoms with Crippen LogP contribution < -0.4 is 5.32 Å². The van der Waals surface area contributed by atoms with Crippen LogP contribution in [0.15, 0.2) is 0 Å². The number of nitrogens with zero attached hydrogens (tertiary/aromatic N) is 1. The molecule has 1 aliphatic heterocycles. The third kappa shape index (κ3) is 3.23. The summed E-state index contributed by atoms with van der Waals surface area (Å²) in [5, 5.41) is 3.42. The zero-order valence-corrected chi connectivity index (χ0v) is 12.4. The Labute approximate surface area is 111 Å². The molecule has 0 saturated carbocycles. The van der Waals surface area contributed by atoms with Gasteiger partial charge in [0.1, 0.15) is 0 Å². The van der Waals surface area contributed by atoms with E-state index in [1.165, 1.54) is 0 Å². The number of carbonyl (C=O) groups is 1. The van der Waals surface area contributed by atoms with Crippen molar-refractivity contribution in [3.8, 4) is 0 Å². The van der Waals surface area contributed by atoms with Crippen LogP contribution in [0.1, 0.15) is 47.5 Å².